The van der Waals surface area contributed by atoms with Crippen molar-refractivity contribution in [2.45, 2.75) is 50.4 Å². The van der Waals surface area contributed by atoms with E-state index in [1.165, 1.54) is 12.1 Å². The molecule has 0 aromatic heterocycles. The fourth-order valence-electron chi connectivity index (χ4n) is 5.49. The van der Waals surface area contributed by atoms with E-state index in [1.807, 2.05) is 60.7 Å². The summed E-state index contributed by atoms with van der Waals surface area (Å²) < 4.78 is 62.5. The second-order valence-corrected chi connectivity index (χ2v) is 10.8. The molecule has 0 bridgehead atoms. The van der Waals surface area contributed by atoms with Crippen LogP contribution in [0.15, 0.2) is 97.1 Å². The number of hydrogen-bond acceptors (Lipinski definition) is 4. The summed E-state index contributed by atoms with van der Waals surface area (Å²) in [6.45, 7) is 0. The summed E-state index contributed by atoms with van der Waals surface area (Å²) >= 11 is 0. The maximum absolute atomic E-state index is 13.7. The molecule has 234 valence electrons. The van der Waals surface area contributed by atoms with Crippen LogP contribution in [0.3, 0.4) is 0 Å². The number of fused-ring (bicyclic) bond motifs is 1. The minimum absolute atomic E-state index is 0.0104. The molecule has 2 unspecified atom stereocenters. The van der Waals surface area contributed by atoms with Gasteiger partial charge in [-0.3, -0.25) is 4.79 Å². The molecule has 1 amide bonds. The summed E-state index contributed by atoms with van der Waals surface area (Å²) in [6, 6.07) is 24.6. The second-order valence-electron chi connectivity index (χ2n) is 10.8. The van der Waals surface area contributed by atoms with Gasteiger partial charge in [-0.1, -0.05) is 78.9 Å². The van der Waals surface area contributed by atoms with Crippen molar-refractivity contribution in [2.75, 3.05) is 7.11 Å². The molecule has 0 saturated carbocycles. The van der Waals surface area contributed by atoms with Crippen LogP contribution in [-0.4, -0.2) is 36.7 Å². The Labute approximate surface area is 259 Å². The number of para-hydroxylation sites is 1. The average molecular weight is 620 g/mol. The quantitative estimate of drug-likeness (QED) is 0.167. The fourth-order valence-corrected chi connectivity index (χ4v) is 5.49. The number of ether oxygens (including phenoxy) is 2. The lowest BCUT2D eigenvalue weighted by Crippen LogP contribution is -2.41. The Morgan fingerprint density at radius 2 is 1.73 bits per heavy atom. The number of alkyl halides is 4. The number of aliphatic hydroxyl groups is 1. The number of aliphatic hydroxyl groups excluding tert-OH is 1. The molecule has 1 aliphatic carbocycles. The molecule has 0 spiro atoms. The second kappa shape index (κ2) is 14.0. The van der Waals surface area contributed by atoms with Crippen LogP contribution in [0.1, 0.15) is 51.6 Å². The van der Waals surface area contributed by atoms with Crippen LogP contribution in [0.25, 0.3) is 17.2 Å². The highest BCUT2D eigenvalue weighted by molar-refractivity contribution is 5.98. The van der Waals surface area contributed by atoms with E-state index in [0.717, 1.165) is 47.6 Å². The minimum atomic E-state index is -4.67. The Kier molecular flexibility index (Phi) is 9.88. The number of benzene rings is 4. The Bertz CT molecular complexity index is 1660. The number of carbonyl (C=O) groups excluding carboxylic acids is 1. The third-order valence-electron chi connectivity index (χ3n) is 7.77. The van der Waals surface area contributed by atoms with Gasteiger partial charge in [-0.15, -0.1) is 0 Å². The molecule has 45 heavy (non-hydrogen) atoms. The van der Waals surface area contributed by atoms with Crippen LogP contribution in [0, 0.1) is 0 Å². The Morgan fingerprint density at radius 1 is 0.978 bits per heavy atom. The smallest absolute Gasteiger partial charge is 0.461 e. The maximum Gasteiger partial charge on any atom is 0.461 e. The van der Waals surface area contributed by atoms with Crippen molar-refractivity contribution in [1.82, 2.24) is 5.32 Å². The Hall–Kier alpha value is -4.63. The molecular formula is C36H33F4NO4. The van der Waals surface area contributed by atoms with Crippen molar-refractivity contribution in [3.8, 4) is 22.6 Å². The molecule has 1 aliphatic rings. The number of amides is 1. The number of hydrogen-bond donors (Lipinski definition) is 2. The zero-order valence-corrected chi connectivity index (χ0v) is 24.6. The molecule has 0 saturated heterocycles. The van der Waals surface area contributed by atoms with Gasteiger partial charge in [0, 0.05) is 11.1 Å². The van der Waals surface area contributed by atoms with Gasteiger partial charge in [0.05, 0.1) is 19.3 Å². The largest absolute Gasteiger partial charge is 0.496 e. The monoisotopic (exact) mass is 619 g/mol. The highest BCUT2D eigenvalue weighted by atomic mass is 19.3. The SMILES string of the molecule is COc1ccccc1-c1ccc(C(O)C(Cc2cccc(OC(F)(F)C(F)F)c2)NC(=O)c2cccc3c2C=CCCC3)cc1. The van der Waals surface area contributed by atoms with Crippen molar-refractivity contribution in [3.05, 3.63) is 125 Å². The van der Waals surface area contributed by atoms with Gasteiger partial charge in [0.25, 0.3) is 5.91 Å². The van der Waals surface area contributed by atoms with Crippen LogP contribution in [-0.2, 0) is 12.8 Å². The fraction of sp³-hybridized carbons (Fsp3) is 0.250. The number of methoxy groups -OCH3 is 1. The molecule has 2 N–H and O–H groups in total. The van der Waals surface area contributed by atoms with E-state index in [2.05, 4.69) is 10.1 Å². The van der Waals surface area contributed by atoms with Gasteiger partial charge in [0.2, 0.25) is 0 Å². The van der Waals surface area contributed by atoms with Gasteiger partial charge in [0.15, 0.2) is 0 Å². The summed E-state index contributed by atoms with van der Waals surface area (Å²) in [4.78, 5) is 13.7. The molecular weight excluding hydrogens is 586 g/mol. The lowest BCUT2D eigenvalue weighted by molar-refractivity contribution is -0.253. The Balaban J connectivity index is 1.45. The lowest BCUT2D eigenvalue weighted by Gasteiger charge is -2.26. The summed E-state index contributed by atoms with van der Waals surface area (Å²) in [7, 11) is 1.58. The highest BCUT2D eigenvalue weighted by Crippen LogP contribution is 2.32. The first kappa shape index (κ1) is 31.8. The molecule has 5 nitrogen and oxygen atoms in total. The molecule has 9 heteroatoms. The molecule has 4 aromatic rings. The maximum atomic E-state index is 13.7. The van der Waals surface area contributed by atoms with Crippen molar-refractivity contribution in [2.24, 2.45) is 0 Å². The van der Waals surface area contributed by atoms with Crippen molar-refractivity contribution in [3.63, 3.8) is 0 Å². The summed E-state index contributed by atoms with van der Waals surface area (Å²) in [6.07, 6.45) is -3.27. The third kappa shape index (κ3) is 7.54. The van der Waals surface area contributed by atoms with Gasteiger partial charge >= 0.3 is 12.5 Å². The van der Waals surface area contributed by atoms with E-state index in [4.69, 9.17) is 4.74 Å². The predicted octanol–water partition coefficient (Wildman–Crippen LogP) is 8.02. The van der Waals surface area contributed by atoms with Gasteiger partial charge in [-0.05, 0) is 77.8 Å². The number of rotatable bonds is 11. The first-order valence-corrected chi connectivity index (χ1v) is 14.6. The number of aryl methyl sites for hydroxylation is 1. The highest BCUT2D eigenvalue weighted by Gasteiger charge is 2.44. The zero-order valence-electron chi connectivity index (χ0n) is 24.6. The first-order valence-electron chi connectivity index (χ1n) is 14.6. The van der Waals surface area contributed by atoms with E-state index in [0.29, 0.717) is 22.4 Å². The molecule has 4 aromatic carbocycles. The van der Waals surface area contributed by atoms with Gasteiger partial charge < -0.3 is 19.9 Å². The standard InChI is InChI=1S/C36H33F4NO4/c1-44-32-16-6-5-14-29(32)25-17-19-26(20-18-25)33(42)31(22-23-9-7-12-27(21-23)45-36(39,40)35(37)38)41-34(43)30-15-8-11-24-10-3-2-4-13-28(24)30/h4-9,11-21,31,33,35,42H,2-3,10,22H2,1H3,(H,41,43). The van der Waals surface area contributed by atoms with Crippen LogP contribution in [0.5, 0.6) is 11.5 Å². The molecule has 0 radical (unpaired) electrons. The predicted molar refractivity (Wildman–Crippen MR) is 165 cm³/mol. The zero-order chi connectivity index (χ0) is 32.0. The van der Waals surface area contributed by atoms with E-state index >= 15 is 0 Å². The normalized spacial score (nSPS) is 14.3. The molecule has 0 fully saturated rings. The van der Waals surface area contributed by atoms with E-state index < -0.39 is 36.3 Å². The van der Waals surface area contributed by atoms with E-state index in [1.54, 1.807) is 31.4 Å². The molecule has 5 rings (SSSR count). The van der Waals surface area contributed by atoms with Crippen LogP contribution in [0.2, 0.25) is 0 Å². The van der Waals surface area contributed by atoms with Crippen LogP contribution >= 0.6 is 0 Å². The summed E-state index contributed by atoms with van der Waals surface area (Å²) in [5.41, 5.74) is 4.91. The van der Waals surface area contributed by atoms with E-state index in [-0.39, 0.29) is 6.42 Å². The first-order chi connectivity index (χ1) is 21.7. The van der Waals surface area contributed by atoms with Gasteiger partial charge in [-0.25, -0.2) is 0 Å². The number of nitrogens with one attached hydrogen (secondary N) is 1. The lowest BCUT2D eigenvalue weighted by atomic mass is 9.93. The van der Waals surface area contributed by atoms with Crippen molar-refractivity contribution in [1.29, 1.82) is 0 Å². The van der Waals surface area contributed by atoms with Gasteiger partial charge in [-0.2, -0.15) is 17.6 Å². The summed E-state index contributed by atoms with van der Waals surface area (Å²) in [5, 5.41) is 14.6. The van der Waals surface area contributed by atoms with Crippen molar-refractivity contribution < 1.29 is 36.9 Å². The van der Waals surface area contributed by atoms with Crippen LogP contribution < -0.4 is 14.8 Å². The molecule has 2 atom stereocenters. The molecule has 0 heterocycles. The van der Waals surface area contributed by atoms with Crippen LogP contribution in [0.4, 0.5) is 17.6 Å². The topological polar surface area (TPSA) is 67.8 Å². The van der Waals surface area contributed by atoms with Gasteiger partial charge in [0.1, 0.15) is 11.5 Å². The minimum Gasteiger partial charge on any atom is -0.496 e. The summed E-state index contributed by atoms with van der Waals surface area (Å²) in [5.74, 6) is -0.187. The number of carbonyl (C=O) groups is 1. The number of allylic oxidation sites excluding steroid dienone is 1. The number of halogens is 4. The average Bonchev–Trinajstić information content (AvgIpc) is 3.30. The van der Waals surface area contributed by atoms with E-state index in [9.17, 15) is 27.5 Å². The molecule has 0 aliphatic heterocycles. The van der Waals surface area contributed by atoms with Crippen molar-refractivity contribution >= 4 is 12.0 Å². The Morgan fingerprint density at radius 3 is 2.49 bits per heavy atom. The third-order valence-corrected chi connectivity index (χ3v) is 7.77.